The number of allylic oxidation sites excluding steroid dienone is 1. The number of carbonyl (C=O) groups excluding carboxylic acids is 1. The molecule has 3 nitrogen and oxygen atoms in total. The molecule has 3 N–H and O–H groups in total. The van der Waals surface area contributed by atoms with Crippen molar-refractivity contribution in [2.75, 3.05) is 13.1 Å². The molecular formula is C17H24N2O. The molecule has 0 atom stereocenters. The van der Waals surface area contributed by atoms with Crippen LogP contribution >= 0.6 is 0 Å². The van der Waals surface area contributed by atoms with Gasteiger partial charge in [-0.2, -0.15) is 0 Å². The molecular weight excluding hydrogens is 248 g/mol. The molecule has 1 aliphatic rings. The molecule has 1 saturated carbocycles. The van der Waals surface area contributed by atoms with Crippen LogP contribution in [0.2, 0.25) is 0 Å². The molecule has 3 heteroatoms. The fourth-order valence-electron chi connectivity index (χ4n) is 2.72. The van der Waals surface area contributed by atoms with Gasteiger partial charge in [0.1, 0.15) is 0 Å². The molecule has 1 aromatic carbocycles. The highest BCUT2D eigenvalue weighted by Crippen LogP contribution is 2.22. The number of nitrogens with two attached hydrogens (primary N) is 1. The highest BCUT2D eigenvalue weighted by Gasteiger charge is 2.12. The highest BCUT2D eigenvalue weighted by molar-refractivity contribution is 6.04. The van der Waals surface area contributed by atoms with Gasteiger partial charge in [0.25, 0.3) is 0 Å². The third-order valence-corrected chi connectivity index (χ3v) is 3.86. The summed E-state index contributed by atoms with van der Waals surface area (Å²) in [6.45, 7) is 1.60. The van der Waals surface area contributed by atoms with Crippen LogP contribution in [-0.2, 0) is 0 Å². The molecule has 0 amide bonds. The summed E-state index contributed by atoms with van der Waals surface area (Å²) in [7, 11) is 0. The summed E-state index contributed by atoms with van der Waals surface area (Å²) in [5.41, 5.74) is 7.19. The van der Waals surface area contributed by atoms with E-state index in [0.29, 0.717) is 17.8 Å². The van der Waals surface area contributed by atoms with E-state index < -0.39 is 0 Å². The van der Waals surface area contributed by atoms with Crippen molar-refractivity contribution in [2.45, 2.75) is 32.1 Å². The molecule has 0 aromatic heterocycles. The zero-order chi connectivity index (χ0) is 14.2. The molecule has 0 heterocycles. The highest BCUT2D eigenvalue weighted by atomic mass is 16.1. The number of ketones is 1. The fourth-order valence-corrected chi connectivity index (χ4v) is 2.72. The number of rotatable bonds is 6. The average Bonchev–Trinajstić information content (AvgIpc) is 2.49. The van der Waals surface area contributed by atoms with Crippen molar-refractivity contribution in [2.24, 2.45) is 11.7 Å². The van der Waals surface area contributed by atoms with Crippen molar-refractivity contribution >= 4 is 5.78 Å². The third kappa shape index (κ3) is 4.82. The maximum absolute atomic E-state index is 11.9. The summed E-state index contributed by atoms with van der Waals surface area (Å²) < 4.78 is 0. The lowest BCUT2D eigenvalue weighted by Gasteiger charge is -2.21. The molecule has 1 aliphatic carbocycles. The van der Waals surface area contributed by atoms with E-state index in [1.165, 1.54) is 38.2 Å². The van der Waals surface area contributed by atoms with Crippen molar-refractivity contribution in [3.05, 3.63) is 47.7 Å². The Kier molecular flexibility index (Phi) is 5.81. The summed E-state index contributed by atoms with van der Waals surface area (Å²) in [5, 5.41) is 3.37. The Bertz CT molecular complexity index is 447. The zero-order valence-corrected chi connectivity index (χ0v) is 12.0. The maximum atomic E-state index is 11.9. The van der Waals surface area contributed by atoms with E-state index in [1.807, 2.05) is 30.3 Å². The van der Waals surface area contributed by atoms with E-state index in [0.717, 1.165) is 12.5 Å². The SMILES string of the molecule is N/C(=C\C(=O)c1ccccc1)CNCC1CCCCC1. The van der Waals surface area contributed by atoms with Gasteiger partial charge in [0.05, 0.1) is 0 Å². The van der Waals surface area contributed by atoms with Gasteiger partial charge in [-0.1, -0.05) is 49.6 Å². The van der Waals surface area contributed by atoms with Gasteiger partial charge in [0, 0.05) is 23.9 Å². The normalized spacial score (nSPS) is 17.1. The van der Waals surface area contributed by atoms with Crippen LogP contribution in [0.1, 0.15) is 42.5 Å². The van der Waals surface area contributed by atoms with Crippen LogP contribution in [0, 0.1) is 5.92 Å². The standard InChI is InChI=1S/C17H24N2O/c18-16(11-17(20)15-9-5-2-6-10-15)13-19-12-14-7-3-1-4-8-14/h2,5-6,9-11,14,19H,1,3-4,7-8,12-13,18H2/b16-11-. The lowest BCUT2D eigenvalue weighted by atomic mass is 9.89. The van der Waals surface area contributed by atoms with E-state index >= 15 is 0 Å². The van der Waals surface area contributed by atoms with Crippen LogP contribution in [0.4, 0.5) is 0 Å². The second-order valence-corrected chi connectivity index (χ2v) is 5.58. The monoisotopic (exact) mass is 272 g/mol. The first-order valence-corrected chi connectivity index (χ1v) is 7.52. The van der Waals surface area contributed by atoms with Crippen LogP contribution in [0.5, 0.6) is 0 Å². The number of hydrogen-bond donors (Lipinski definition) is 2. The second-order valence-electron chi connectivity index (χ2n) is 5.58. The minimum atomic E-state index is -0.0254. The van der Waals surface area contributed by atoms with Crippen LogP contribution < -0.4 is 11.1 Å². The molecule has 20 heavy (non-hydrogen) atoms. The van der Waals surface area contributed by atoms with E-state index in [2.05, 4.69) is 5.32 Å². The van der Waals surface area contributed by atoms with Gasteiger partial charge in [0.15, 0.2) is 5.78 Å². The summed E-state index contributed by atoms with van der Waals surface area (Å²) in [5.74, 6) is 0.754. The van der Waals surface area contributed by atoms with Crippen molar-refractivity contribution in [3.8, 4) is 0 Å². The van der Waals surface area contributed by atoms with Gasteiger partial charge >= 0.3 is 0 Å². The molecule has 1 aromatic rings. The van der Waals surface area contributed by atoms with E-state index in [9.17, 15) is 4.79 Å². The molecule has 1 fully saturated rings. The lowest BCUT2D eigenvalue weighted by molar-refractivity contribution is 0.104. The minimum absolute atomic E-state index is 0.0254. The van der Waals surface area contributed by atoms with Crippen LogP contribution in [0.3, 0.4) is 0 Å². The maximum Gasteiger partial charge on any atom is 0.187 e. The predicted octanol–water partition coefficient (Wildman–Crippen LogP) is 2.88. The molecule has 0 spiro atoms. The van der Waals surface area contributed by atoms with Gasteiger partial charge in [-0.15, -0.1) is 0 Å². The van der Waals surface area contributed by atoms with Gasteiger partial charge in [-0.05, 0) is 25.3 Å². The Morgan fingerprint density at radius 1 is 1.20 bits per heavy atom. The predicted molar refractivity (Wildman–Crippen MR) is 82.5 cm³/mol. The van der Waals surface area contributed by atoms with E-state index in [4.69, 9.17) is 5.73 Å². The summed E-state index contributed by atoms with van der Waals surface area (Å²) >= 11 is 0. The zero-order valence-electron chi connectivity index (χ0n) is 12.0. The van der Waals surface area contributed by atoms with Crippen LogP contribution in [0.25, 0.3) is 0 Å². The number of carbonyl (C=O) groups is 1. The van der Waals surface area contributed by atoms with Crippen LogP contribution in [-0.4, -0.2) is 18.9 Å². The van der Waals surface area contributed by atoms with Crippen molar-refractivity contribution < 1.29 is 4.79 Å². The Hall–Kier alpha value is -1.61. The molecule has 0 aliphatic heterocycles. The summed E-state index contributed by atoms with van der Waals surface area (Å²) in [4.78, 5) is 11.9. The van der Waals surface area contributed by atoms with Gasteiger partial charge in [0.2, 0.25) is 0 Å². The number of benzene rings is 1. The Balaban J connectivity index is 1.74. The quantitative estimate of drug-likeness (QED) is 0.618. The molecule has 0 bridgehead atoms. The summed E-state index contributed by atoms with van der Waals surface area (Å²) in [6, 6.07) is 9.23. The summed E-state index contributed by atoms with van der Waals surface area (Å²) in [6.07, 6.45) is 8.25. The average molecular weight is 272 g/mol. The molecule has 0 saturated heterocycles. The molecule has 0 unspecified atom stereocenters. The molecule has 2 rings (SSSR count). The molecule has 0 radical (unpaired) electrons. The van der Waals surface area contributed by atoms with Crippen LogP contribution in [0.15, 0.2) is 42.1 Å². The second kappa shape index (κ2) is 7.85. The van der Waals surface area contributed by atoms with Gasteiger partial charge in [-0.25, -0.2) is 0 Å². The van der Waals surface area contributed by atoms with Gasteiger partial charge < -0.3 is 11.1 Å². The number of nitrogens with one attached hydrogen (secondary N) is 1. The topological polar surface area (TPSA) is 55.1 Å². The van der Waals surface area contributed by atoms with Gasteiger partial charge in [-0.3, -0.25) is 4.79 Å². The fraction of sp³-hybridized carbons (Fsp3) is 0.471. The first kappa shape index (κ1) is 14.8. The van der Waals surface area contributed by atoms with E-state index in [1.54, 1.807) is 0 Å². The lowest BCUT2D eigenvalue weighted by Crippen LogP contribution is -2.28. The third-order valence-electron chi connectivity index (χ3n) is 3.86. The Morgan fingerprint density at radius 3 is 2.60 bits per heavy atom. The molecule has 108 valence electrons. The first-order valence-electron chi connectivity index (χ1n) is 7.52. The van der Waals surface area contributed by atoms with Crippen molar-refractivity contribution in [1.82, 2.24) is 5.32 Å². The van der Waals surface area contributed by atoms with Crippen molar-refractivity contribution in [3.63, 3.8) is 0 Å². The number of hydrogen-bond acceptors (Lipinski definition) is 3. The van der Waals surface area contributed by atoms with Crippen molar-refractivity contribution in [1.29, 1.82) is 0 Å². The first-order chi connectivity index (χ1) is 9.75. The Labute approximate surface area is 121 Å². The largest absolute Gasteiger partial charge is 0.401 e. The van der Waals surface area contributed by atoms with E-state index in [-0.39, 0.29) is 5.78 Å². The minimum Gasteiger partial charge on any atom is -0.401 e. The Morgan fingerprint density at radius 2 is 1.90 bits per heavy atom. The smallest absolute Gasteiger partial charge is 0.187 e.